The Morgan fingerprint density at radius 3 is 1.82 bits per heavy atom. The Bertz CT molecular complexity index is 119. The minimum absolute atomic E-state index is 0.196. The SMILES string of the molecule is CCC(CC)N(CC)C(C)=O. The van der Waals surface area contributed by atoms with E-state index in [1.54, 1.807) is 6.92 Å². The molecule has 66 valence electrons. The highest BCUT2D eigenvalue weighted by atomic mass is 16.2. The molecule has 11 heavy (non-hydrogen) atoms. The summed E-state index contributed by atoms with van der Waals surface area (Å²) in [6, 6.07) is 0.442. The van der Waals surface area contributed by atoms with Gasteiger partial charge in [-0.25, -0.2) is 0 Å². The van der Waals surface area contributed by atoms with E-state index in [-0.39, 0.29) is 5.91 Å². The van der Waals surface area contributed by atoms with Crippen LogP contribution in [0.25, 0.3) is 0 Å². The smallest absolute Gasteiger partial charge is 0.219 e. The predicted octanol–water partition coefficient (Wildman–Crippen LogP) is 2.04. The van der Waals surface area contributed by atoms with Crippen molar-refractivity contribution in [2.24, 2.45) is 0 Å². The minimum Gasteiger partial charge on any atom is -0.340 e. The van der Waals surface area contributed by atoms with E-state index in [0.717, 1.165) is 19.4 Å². The van der Waals surface area contributed by atoms with Crippen molar-refractivity contribution in [1.29, 1.82) is 0 Å². The van der Waals surface area contributed by atoms with Crippen LogP contribution in [0.4, 0.5) is 0 Å². The highest BCUT2D eigenvalue weighted by molar-refractivity contribution is 5.73. The zero-order chi connectivity index (χ0) is 8.85. The Kier molecular flexibility index (Phi) is 4.92. The van der Waals surface area contributed by atoms with Crippen LogP contribution in [-0.4, -0.2) is 23.4 Å². The molecule has 0 spiro atoms. The highest BCUT2D eigenvalue weighted by Gasteiger charge is 2.14. The van der Waals surface area contributed by atoms with Gasteiger partial charge in [0.2, 0.25) is 5.91 Å². The normalized spacial score (nSPS) is 10.3. The van der Waals surface area contributed by atoms with Crippen LogP contribution < -0.4 is 0 Å². The molecule has 0 aromatic heterocycles. The standard InChI is InChI=1S/C9H19NO/c1-5-9(6-2)10(7-3)8(4)11/h9H,5-7H2,1-4H3. The molecule has 0 rings (SSSR count). The first kappa shape index (κ1) is 10.5. The van der Waals surface area contributed by atoms with Gasteiger partial charge in [-0.05, 0) is 19.8 Å². The van der Waals surface area contributed by atoms with Crippen molar-refractivity contribution in [2.75, 3.05) is 6.54 Å². The van der Waals surface area contributed by atoms with Gasteiger partial charge in [-0.3, -0.25) is 4.79 Å². The summed E-state index contributed by atoms with van der Waals surface area (Å²) in [7, 11) is 0. The van der Waals surface area contributed by atoms with Crippen molar-refractivity contribution in [3.63, 3.8) is 0 Å². The van der Waals surface area contributed by atoms with Crippen LogP contribution in [0.2, 0.25) is 0 Å². The number of hydrogen-bond donors (Lipinski definition) is 0. The van der Waals surface area contributed by atoms with Crippen LogP contribution >= 0.6 is 0 Å². The van der Waals surface area contributed by atoms with Crippen molar-refractivity contribution in [3.8, 4) is 0 Å². The van der Waals surface area contributed by atoms with Gasteiger partial charge in [0, 0.05) is 19.5 Å². The molecule has 0 saturated heterocycles. The lowest BCUT2D eigenvalue weighted by Crippen LogP contribution is -2.37. The lowest BCUT2D eigenvalue weighted by molar-refractivity contribution is -0.131. The number of carbonyl (C=O) groups is 1. The molecule has 2 heteroatoms. The largest absolute Gasteiger partial charge is 0.340 e. The molecule has 0 radical (unpaired) electrons. The number of carbonyl (C=O) groups excluding carboxylic acids is 1. The molecule has 0 fully saturated rings. The first-order valence-electron chi connectivity index (χ1n) is 4.44. The Morgan fingerprint density at radius 2 is 1.73 bits per heavy atom. The Labute approximate surface area is 69.6 Å². The van der Waals surface area contributed by atoms with Gasteiger partial charge in [-0.1, -0.05) is 13.8 Å². The van der Waals surface area contributed by atoms with E-state index in [2.05, 4.69) is 13.8 Å². The second-order valence-corrected chi connectivity index (χ2v) is 2.78. The fourth-order valence-corrected chi connectivity index (χ4v) is 1.47. The fraction of sp³-hybridized carbons (Fsp3) is 0.889. The van der Waals surface area contributed by atoms with E-state index < -0.39 is 0 Å². The summed E-state index contributed by atoms with van der Waals surface area (Å²) in [5.41, 5.74) is 0. The van der Waals surface area contributed by atoms with E-state index in [4.69, 9.17) is 0 Å². The van der Waals surface area contributed by atoms with E-state index >= 15 is 0 Å². The Hall–Kier alpha value is -0.530. The predicted molar refractivity (Wildman–Crippen MR) is 47.4 cm³/mol. The second-order valence-electron chi connectivity index (χ2n) is 2.78. The first-order chi connectivity index (χ1) is 5.17. The summed E-state index contributed by atoms with van der Waals surface area (Å²) in [4.78, 5) is 13.0. The molecule has 0 aromatic rings. The maximum atomic E-state index is 11.1. The number of nitrogens with zero attached hydrogens (tertiary/aromatic N) is 1. The first-order valence-corrected chi connectivity index (χ1v) is 4.44. The van der Waals surface area contributed by atoms with Crippen molar-refractivity contribution < 1.29 is 4.79 Å². The Morgan fingerprint density at radius 1 is 1.27 bits per heavy atom. The van der Waals surface area contributed by atoms with Crippen LogP contribution in [0.1, 0.15) is 40.5 Å². The van der Waals surface area contributed by atoms with Crippen LogP contribution in [0.3, 0.4) is 0 Å². The van der Waals surface area contributed by atoms with Gasteiger partial charge in [0.05, 0.1) is 0 Å². The van der Waals surface area contributed by atoms with E-state index in [0.29, 0.717) is 6.04 Å². The molecule has 0 N–H and O–H groups in total. The quantitative estimate of drug-likeness (QED) is 0.611. The summed E-state index contributed by atoms with van der Waals surface area (Å²) in [6.45, 7) is 8.75. The number of amides is 1. The summed E-state index contributed by atoms with van der Waals surface area (Å²) < 4.78 is 0. The maximum Gasteiger partial charge on any atom is 0.219 e. The summed E-state index contributed by atoms with van der Waals surface area (Å²) in [6.07, 6.45) is 2.12. The van der Waals surface area contributed by atoms with Crippen LogP contribution in [-0.2, 0) is 4.79 Å². The molecule has 0 unspecified atom stereocenters. The number of rotatable bonds is 4. The van der Waals surface area contributed by atoms with Crippen molar-refractivity contribution in [1.82, 2.24) is 4.90 Å². The molecule has 0 bridgehead atoms. The third-order valence-electron chi connectivity index (χ3n) is 2.13. The average molecular weight is 157 g/mol. The maximum absolute atomic E-state index is 11.1. The van der Waals surface area contributed by atoms with Crippen molar-refractivity contribution in [2.45, 2.75) is 46.6 Å². The molecule has 0 heterocycles. The van der Waals surface area contributed by atoms with Gasteiger partial charge in [-0.15, -0.1) is 0 Å². The summed E-state index contributed by atoms with van der Waals surface area (Å²) in [5, 5.41) is 0. The molecule has 0 aliphatic heterocycles. The lowest BCUT2D eigenvalue weighted by atomic mass is 10.1. The topological polar surface area (TPSA) is 20.3 Å². The molecule has 2 nitrogen and oxygen atoms in total. The third kappa shape index (κ3) is 2.91. The van der Waals surface area contributed by atoms with E-state index in [1.165, 1.54) is 0 Å². The molecule has 0 aromatic carbocycles. The summed E-state index contributed by atoms with van der Waals surface area (Å²) in [5.74, 6) is 0.196. The van der Waals surface area contributed by atoms with E-state index in [9.17, 15) is 4.79 Å². The van der Waals surface area contributed by atoms with Crippen LogP contribution in [0, 0.1) is 0 Å². The zero-order valence-corrected chi connectivity index (χ0v) is 8.05. The van der Waals surface area contributed by atoms with Gasteiger partial charge in [0.15, 0.2) is 0 Å². The third-order valence-corrected chi connectivity index (χ3v) is 2.13. The molecule has 0 atom stereocenters. The molecular formula is C9H19NO. The monoisotopic (exact) mass is 157 g/mol. The Balaban J connectivity index is 4.09. The molecular weight excluding hydrogens is 138 g/mol. The van der Waals surface area contributed by atoms with Gasteiger partial charge >= 0.3 is 0 Å². The van der Waals surface area contributed by atoms with Gasteiger partial charge < -0.3 is 4.90 Å². The lowest BCUT2D eigenvalue weighted by Gasteiger charge is -2.27. The summed E-state index contributed by atoms with van der Waals surface area (Å²) >= 11 is 0. The zero-order valence-electron chi connectivity index (χ0n) is 8.05. The number of hydrogen-bond acceptors (Lipinski definition) is 1. The van der Waals surface area contributed by atoms with Crippen molar-refractivity contribution in [3.05, 3.63) is 0 Å². The fourth-order valence-electron chi connectivity index (χ4n) is 1.47. The van der Waals surface area contributed by atoms with Gasteiger partial charge in [0.25, 0.3) is 0 Å². The van der Waals surface area contributed by atoms with Gasteiger partial charge in [0.1, 0.15) is 0 Å². The molecule has 0 aliphatic carbocycles. The van der Waals surface area contributed by atoms with Gasteiger partial charge in [-0.2, -0.15) is 0 Å². The molecule has 0 aliphatic rings. The highest BCUT2D eigenvalue weighted by Crippen LogP contribution is 2.07. The average Bonchev–Trinajstić information content (AvgIpc) is 1.99. The molecule has 1 amide bonds. The van der Waals surface area contributed by atoms with Crippen LogP contribution in [0.15, 0.2) is 0 Å². The van der Waals surface area contributed by atoms with E-state index in [1.807, 2.05) is 11.8 Å². The molecule has 0 saturated carbocycles. The van der Waals surface area contributed by atoms with Crippen molar-refractivity contribution >= 4 is 5.91 Å². The minimum atomic E-state index is 0.196. The second kappa shape index (κ2) is 5.16. The van der Waals surface area contributed by atoms with Crippen LogP contribution in [0.5, 0.6) is 0 Å².